The van der Waals surface area contributed by atoms with Crippen LogP contribution in [0, 0.1) is 0 Å². The van der Waals surface area contributed by atoms with Crippen molar-refractivity contribution in [2.24, 2.45) is 0 Å². The Morgan fingerprint density at radius 2 is 1.66 bits per heavy atom. The van der Waals surface area contributed by atoms with Crippen molar-refractivity contribution < 1.29 is 14.7 Å². The summed E-state index contributed by atoms with van der Waals surface area (Å²) in [5.74, 6) is -0.359. The van der Waals surface area contributed by atoms with Gasteiger partial charge in [-0.2, -0.15) is 0 Å². The molecule has 2 aromatic rings. The van der Waals surface area contributed by atoms with Gasteiger partial charge < -0.3 is 15.3 Å². The summed E-state index contributed by atoms with van der Waals surface area (Å²) in [6.07, 6.45) is 4.31. The van der Waals surface area contributed by atoms with E-state index in [1.165, 1.54) is 5.56 Å². The maximum absolute atomic E-state index is 13.3. The summed E-state index contributed by atoms with van der Waals surface area (Å²) in [4.78, 5) is 28.2. The van der Waals surface area contributed by atoms with Crippen molar-refractivity contribution in [3.8, 4) is 0 Å². The highest BCUT2D eigenvalue weighted by atomic mass is 16.3. The van der Waals surface area contributed by atoms with Crippen LogP contribution in [0.3, 0.4) is 0 Å². The van der Waals surface area contributed by atoms with Crippen LogP contribution in [0.25, 0.3) is 0 Å². The van der Waals surface area contributed by atoms with Gasteiger partial charge in [-0.05, 0) is 36.0 Å². The lowest BCUT2D eigenvalue weighted by atomic mass is 9.78. The average molecular weight is 392 g/mol. The molecular formula is C24H28N2O3. The fraction of sp³-hybridized carbons (Fsp3) is 0.417. The molecule has 0 saturated heterocycles. The summed E-state index contributed by atoms with van der Waals surface area (Å²) in [6.45, 7) is 0.727. The quantitative estimate of drug-likeness (QED) is 0.822. The van der Waals surface area contributed by atoms with Gasteiger partial charge in [0.1, 0.15) is 6.04 Å². The highest BCUT2D eigenvalue weighted by Gasteiger charge is 2.44. The number of carbonyl (C=O) groups excluding carboxylic acids is 2. The first-order valence-corrected chi connectivity index (χ1v) is 10.5. The van der Waals surface area contributed by atoms with Crippen LogP contribution in [0.1, 0.15) is 42.4 Å². The van der Waals surface area contributed by atoms with Crippen molar-refractivity contribution in [1.29, 1.82) is 0 Å². The molecule has 1 atom stereocenters. The first-order valence-electron chi connectivity index (χ1n) is 10.5. The van der Waals surface area contributed by atoms with Crippen LogP contribution in [0.4, 0.5) is 0 Å². The minimum Gasteiger partial charge on any atom is -0.394 e. The first kappa shape index (κ1) is 19.6. The molecule has 5 nitrogen and oxygen atoms in total. The number of benzene rings is 2. The van der Waals surface area contributed by atoms with Gasteiger partial charge in [0, 0.05) is 13.1 Å². The molecule has 1 saturated carbocycles. The van der Waals surface area contributed by atoms with E-state index in [4.69, 9.17) is 0 Å². The zero-order chi connectivity index (χ0) is 20.3. The number of nitrogens with one attached hydrogen (secondary N) is 1. The molecule has 2 aliphatic rings. The summed E-state index contributed by atoms with van der Waals surface area (Å²) < 4.78 is 0. The standard InChI is InChI=1S/C24H28N2O3/c27-17-21(22(28)26-15-12-18-8-4-5-9-19(18)16-26)25-23(29)24(13-6-7-14-24)20-10-2-1-3-11-20/h1-5,8-11,21,27H,6-7,12-17H2,(H,25,29)/t21-/m0/s1. The molecule has 0 spiro atoms. The Morgan fingerprint density at radius 1 is 1.00 bits per heavy atom. The van der Waals surface area contributed by atoms with E-state index in [9.17, 15) is 14.7 Å². The van der Waals surface area contributed by atoms with E-state index in [0.717, 1.165) is 43.2 Å². The first-order chi connectivity index (χ1) is 14.1. The second kappa shape index (κ2) is 8.37. The highest BCUT2D eigenvalue weighted by Crippen LogP contribution is 2.41. The lowest BCUT2D eigenvalue weighted by Gasteiger charge is -2.34. The number of rotatable bonds is 5. The van der Waals surface area contributed by atoms with E-state index in [-0.39, 0.29) is 11.8 Å². The van der Waals surface area contributed by atoms with E-state index in [1.807, 2.05) is 48.5 Å². The number of nitrogens with zero attached hydrogens (tertiary/aromatic N) is 1. The number of hydrogen-bond acceptors (Lipinski definition) is 3. The summed E-state index contributed by atoms with van der Waals surface area (Å²) in [6, 6.07) is 17.0. The molecule has 4 rings (SSSR count). The highest BCUT2D eigenvalue weighted by molar-refractivity contribution is 5.93. The van der Waals surface area contributed by atoms with Gasteiger partial charge in [0.2, 0.25) is 11.8 Å². The molecule has 0 unspecified atom stereocenters. The maximum Gasteiger partial charge on any atom is 0.247 e. The molecule has 1 aliphatic heterocycles. The van der Waals surface area contributed by atoms with Crippen molar-refractivity contribution in [1.82, 2.24) is 10.2 Å². The largest absolute Gasteiger partial charge is 0.394 e. The van der Waals surface area contributed by atoms with Crippen LogP contribution in [-0.4, -0.2) is 41.0 Å². The van der Waals surface area contributed by atoms with Gasteiger partial charge in [-0.3, -0.25) is 9.59 Å². The SMILES string of the molecule is O=C([C@H](CO)NC(=O)C1(c2ccccc2)CCCC1)N1CCc2ccccc2C1. The van der Waals surface area contributed by atoms with E-state index in [2.05, 4.69) is 11.4 Å². The van der Waals surface area contributed by atoms with Crippen LogP contribution in [0.2, 0.25) is 0 Å². The van der Waals surface area contributed by atoms with Gasteiger partial charge in [-0.1, -0.05) is 67.4 Å². The molecule has 2 amide bonds. The lowest BCUT2D eigenvalue weighted by Crippen LogP contribution is -2.55. The summed E-state index contributed by atoms with van der Waals surface area (Å²) in [7, 11) is 0. The Bertz CT molecular complexity index is 875. The topological polar surface area (TPSA) is 69.6 Å². The zero-order valence-electron chi connectivity index (χ0n) is 16.6. The second-order valence-corrected chi connectivity index (χ2v) is 8.14. The van der Waals surface area contributed by atoms with Gasteiger partial charge in [0.05, 0.1) is 12.0 Å². The second-order valence-electron chi connectivity index (χ2n) is 8.14. The normalized spacial score (nSPS) is 18.7. The molecule has 1 fully saturated rings. The molecule has 29 heavy (non-hydrogen) atoms. The Morgan fingerprint density at radius 3 is 2.34 bits per heavy atom. The molecule has 152 valence electrons. The predicted octanol–water partition coefficient (Wildman–Crippen LogP) is 2.56. The minimum absolute atomic E-state index is 0.147. The number of amides is 2. The fourth-order valence-corrected chi connectivity index (χ4v) is 4.77. The number of aliphatic hydroxyl groups is 1. The van der Waals surface area contributed by atoms with Crippen LogP contribution in [0.5, 0.6) is 0 Å². The molecule has 0 bridgehead atoms. The summed E-state index contributed by atoms with van der Waals surface area (Å²) >= 11 is 0. The number of hydrogen-bond donors (Lipinski definition) is 2. The van der Waals surface area contributed by atoms with Gasteiger partial charge in [0.15, 0.2) is 0 Å². The monoisotopic (exact) mass is 392 g/mol. The van der Waals surface area contributed by atoms with Crippen LogP contribution < -0.4 is 5.32 Å². The zero-order valence-corrected chi connectivity index (χ0v) is 16.6. The molecule has 1 aliphatic carbocycles. The van der Waals surface area contributed by atoms with Crippen molar-refractivity contribution in [3.63, 3.8) is 0 Å². The van der Waals surface area contributed by atoms with E-state index < -0.39 is 18.1 Å². The molecular weight excluding hydrogens is 364 g/mol. The average Bonchev–Trinajstić information content (AvgIpc) is 3.28. The third-order valence-electron chi connectivity index (χ3n) is 6.45. The predicted molar refractivity (Wildman–Crippen MR) is 111 cm³/mol. The van der Waals surface area contributed by atoms with Gasteiger partial charge >= 0.3 is 0 Å². The third kappa shape index (κ3) is 3.79. The smallest absolute Gasteiger partial charge is 0.247 e. The Hall–Kier alpha value is -2.66. The maximum atomic E-state index is 13.3. The van der Waals surface area contributed by atoms with Crippen LogP contribution >= 0.6 is 0 Å². The van der Waals surface area contributed by atoms with E-state index in [0.29, 0.717) is 13.1 Å². The third-order valence-corrected chi connectivity index (χ3v) is 6.45. The molecule has 0 aromatic heterocycles. The number of carbonyl (C=O) groups is 2. The van der Waals surface area contributed by atoms with Crippen molar-refractivity contribution in [2.75, 3.05) is 13.2 Å². The van der Waals surface area contributed by atoms with Crippen LogP contribution in [-0.2, 0) is 28.0 Å². The van der Waals surface area contributed by atoms with Gasteiger partial charge in [-0.25, -0.2) is 0 Å². The van der Waals surface area contributed by atoms with Crippen molar-refractivity contribution >= 4 is 11.8 Å². The van der Waals surface area contributed by atoms with E-state index >= 15 is 0 Å². The lowest BCUT2D eigenvalue weighted by molar-refractivity contribution is -0.139. The van der Waals surface area contributed by atoms with Crippen molar-refractivity contribution in [3.05, 3.63) is 71.3 Å². The molecule has 2 aromatic carbocycles. The van der Waals surface area contributed by atoms with Gasteiger partial charge in [0.25, 0.3) is 0 Å². The summed E-state index contributed by atoms with van der Waals surface area (Å²) in [5, 5.41) is 12.8. The Kier molecular flexibility index (Phi) is 5.67. The molecule has 0 radical (unpaired) electrons. The van der Waals surface area contributed by atoms with E-state index in [1.54, 1.807) is 4.90 Å². The van der Waals surface area contributed by atoms with Crippen LogP contribution in [0.15, 0.2) is 54.6 Å². The molecule has 1 heterocycles. The van der Waals surface area contributed by atoms with Gasteiger partial charge in [-0.15, -0.1) is 0 Å². The Labute approximate surface area is 171 Å². The molecule has 2 N–H and O–H groups in total. The number of aliphatic hydroxyl groups excluding tert-OH is 1. The number of fused-ring (bicyclic) bond motifs is 1. The molecule has 5 heteroatoms. The van der Waals surface area contributed by atoms with Crippen molar-refractivity contribution in [2.45, 2.75) is 50.1 Å². The Balaban J connectivity index is 1.50. The minimum atomic E-state index is -0.908. The fourth-order valence-electron chi connectivity index (χ4n) is 4.77. The summed E-state index contributed by atoms with van der Waals surface area (Å²) in [5.41, 5.74) is 2.77.